The van der Waals surface area contributed by atoms with Crippen LogP contribution in [0.3, 0.4) is 0 Å². The number of nitro benzene ring substituents is 1. The lowest BCUT2D eigenvalue weighted by molar-refractivity contribution is -0.385. The average molecular weight is 373 g/mol. The molecule has 0 fully saturated rings. The van der Waals surface area contributed by atoms with Gasteiger partial charge in [-0.1, -0.05) is 23.7 Å². The van der Waals surface area contributed by atoms with Crippen molar-refractivity contribution in [1.29, 1.82) is 0 Å². The van der Waals surface area contributed by atoms with Crippen LogP contribution in [0.25, 0.3) is 0 Å². The molecule has 1 N–H and O–H groups in total. The smallest absolute Gasteiger partial charge is 0.313 e. The molecular formula is C14H11BrClNO4. The summed E-state index contributed by atoms with van der Waals surface area (Å²) in [5.74, 6) is 0.352. The number of hydrogen-bond acceptors (Lipinski definition) is 4. The van der Waals surface area contributed by atoms with E-state index in [1.807, 2.05) is 0 Å². The lowest BCUT2D eigenvalue weighted by Crippen LogP contribution is -1.96. The number of nitro groups is 1. The Morgan fingerprint density at radius 3 is 2.67 bits per heavy atom. The molecule has 0 saturated heterocycles. The highest BCUT2D eigenvalue weighted by atomic mass is 79.9. The van der Waals surface area contributed by atoms with E-state index >= 15 is 0 Å². The SMILES string of the molecule is C[C@@H](O)c1ccc(Oc2c(Cl)cccc2[N+](=O)[O-])c(Br)c1. The molecule has 0 amide bonds. The van der Waals surface area contributed by atoms with Gasteiger partial charge in [0.05, 0.1) is 20.5 Å². The Morgan fingerprint density at radius 2 is 2.10 bits per heavy atom. The van der Waals surface area contributed by atoms with E-state index in [1.165, 1.54) is 18.2 Å². The number of rotatable bonds is 4. The maximum Gasteiger partial charge on any atom is 0.313 e. The highest BCUT2D eigenvalue weighted by Crippen LogP contribution is 2.40. The van der Waals surface area contributed by atoms with E-state index in [4.69, 9.17) is 16.3 Å². The fourth-order valence-electron chi connectivity index (χ4n) is 1.71. The largest absolute Gasteiger partial charge is 0.447 e. The van der Waals surface area contributed by atoms with Crippen molar-refractivity contribution in [1.82, 2.24) is 0 Å². The van der Waals surface area contributed by atoms with Gasteiger partial charge in [0.15, 0.2) is 0 Å². The van der Waals surface area contributed by atoms with Gasteiger partial charge in [0.2, 0.25) is 5.75 Å². The predicted octanol–water partition coefficient (Wildman–Crippen LogP) is 4.86. The van der Waals surface area contributed by atoms with Gasteiger partial charge in [0, 0.05) is 6.07 Å². The second kappa shape index (κ2) is 6.43. The maximum absolute atomic E-state index is 11.0. The normalized spacial score (nSPS) is 12.0. The summed E-state index contributed by atoms with van der Waals surface area (Å²) in [6, 6.07) is 9.29. The van der Waals surface area contributed by atoms with E-state index in [1.54, 1.807) is 25.1 Å². The van der Waals surface area contributed by atoms with Crippen LogP contribution >= 0.6 is 27.5 Å². The molecule has 0 radical (unpaired) electrons. The summed E-state index contributed by atoms with van der Waals surface area (Å²) in [6.07, 6.45) is -0.620. The van der Waals surface area contributed by atoms with Gasteiger partial charge < -0.3 is 9.84 Å². The molecule has 0 unspecified atom stereocenters. The van der Waals surface area contributed by atoms with Crippen molar-refractivity contribution >= 4 is 33.2 Å². The first-order valence-corrected chi connectivity index (χ1v) is 7.15. The minimum atomic E-state index is -0.620. The summed E-state index contributed by atoms with van der Waals surface area (Å²) in [6.45, 7) is 1.64. The molecule has 2 aromatic carbocycles. The summed E-state index contributed by atoms with van der Waals surface area (Å²) in [4.78, 5) is 10.5. The van der Waals surface area contributed by atoms with Gasteiger partial charge in [-0.15, -0.1) is 0 Å². The number of nitrogens with zero attached hydrogens (tertiary/aromatic N) is 1. The Labute approximate surface area is 134 Å². The van der Waals surface area contributed by atoms with E-state index in [9.17, 15) is 15.2 Å². The van der Waals surface area contributed by atoms with E-state index in [-0.39, 0.29) is 16.5 Å². The first-order valence-electron chi connectivity index (χ1n) is 5.98. The van der Waals surface area contributed by atoms with Crippen molar-refractivity contribution in [2.24, 2.45) is 0 Å². The standard InChI is InChI=1S/C14H11BrClNO4/c1-8(18)9-5-6-13(10(15)7-9)21-14-11(16)3-2-4-12(14)17(19)20/h2-8,18H,1H3/t8-/m1/s1. The molecule has 0 aromatic heterocycles. The van der Waals surface area contributed by atoms with Crippen LogP contribution in [-0.4, -0.2) is 10.0 Å². The molecule has 0 aliphatic carbocycles. The van der Waals surface area contributed by atoms with E-state index in [0.717, 1.165) is 0 Å². The lowest BCUT2D eigenvalue weighted by atomic mass is 10.1. The molecule has 0 heterocycles. The number of hydrogen-bond donors (Lipinski definition) is 1. The molecule has 2 aromatic rings. The number of ether oxygens (including phenoxy) is 1. The first-order chi connectivity index (χ1) is 9.90. The third-order valence-electron chi connectivity index (χ3n) is 2.79. The van der Waals surface area contributed by atoms with Crippen LogP contribution in [0.4, 0.5) is 5.69 Å². The molecule has 0 saturated carbocycles. The maximum atomic E-state index is 11.0. The summed E-state index contributed by atoms with van der Waals surface area (Å²) < 4.78 is 6.13. The zero-order valence-corrected chi connectivity index (χ0v) is 13.3. The molecular weight excluding hydrogens is 362 g/mol. The molecule has 5 nitrogen and oxygen atoms in total. The summed E-state index contributed by atoms with van der Waals surface area (Å²) >= 11 is 9.28. The highest BCUT2D eigenvalue weighted by Gasteiger charge is 2.20. The van der Waals surface area contributed by atoms with Crippen molar-refractivity contribution < 1.29 is 14.8 Å². The first kappa shape index (κ1) is 15.8. The van der Waals surface area contributed by atoms with Crippen LogP contribution in [0.1, 0.15) is 18.6 Å². The van der Waals surface area contributed by atoms with E-state index < -0.39 is 11.0 Å². The Morgan fingerprint density at radius 1 is 1.38 bits per heavy atom. The summed E-state index contributed by atoms with van der Waals surface area (Å²) in [5.41, 5.74) is 0.483. The van der Waals surface area contributed by atoms with Crippen LogP contribution in [0, 0.1) is 10.1 Å². The van der Waals surface area contributed by atoms with Crippen LogP contribution in [0.15, 0.2) is 40.9 Å². The van der Waals surface area contributed by atoms with Gasteiger partial charge in [-0.25, -0.2) is 0 Å². The number of para-hydroxylation sites is 1. The van der Waals surface area contributed by atoms with Gasteiger partial charge in [0.25, 0.3) is 0 Å². The van der Waals surface area contributed by atoms with Gasteiger partial charge in [-0.05, 0) is 46.6 Å². The molecule has 2 rings (SSSR count). The number of halogens is 2. The molecule has 7 heteroatoms. The number of benzene rings is 2. The highest BCUT2D eigenvalue weighted by molar-refractivity contribution is 9.10. The monoisotopic (exact) mass is 371 g/mol. The van der Waals surface area contributed by atoms with Crippen molar-refractivity contribution in [2.75, 3.05) is 0 Å². The van der Waals surface area contributed by atoms with Gasteiger partial charge in [0.1, 0.15) is 5.75 Å². The van der Waals surface area contributed by atoms with Crippen molar-refractivity contribution in [3.05, 3.63) is 61.6 Å². The van der Waals surface area contributed by atoms with Gasteiger partial charge in [-0.3, -0.25) is 10.1 Å². The number of aliphatic hydroxyl groups excluding tert-OH is 1. The van der Waals surface area contributed by atoms with Gasteiger partial charge in [-0.2, -0.15) is 0 Å². The van der Waals surface area contributed by atoms with Crippen LogP contribution in [0.2, 0.25) is 5.02 Å². The fourth-order valence-corrected chi connectivity index (χ4v) is 2.40. The van der Waals surface area contributed by atoms with Crippen LogP contribution < -0.4 is 4.74 Å². The molecule has 0 bridgehead atoms. The van der Waals surface area contributed by atoms with E-state index in [0.29, 0.717) is 15.8 Å². The third kappa shape index (κ3) is 3.53. The van der Waals surface area contributed by atoms with Crippen LogP contribution in [-0.2, 0) is 0 Å². The Bertz CT molecular complexity index is 691. The molecule has 0 aliphatic heterocycles. The minimum absolute atomic E-state index is 0.0188. The molecule has 0 aliphatic rings. The predicted molar refractivity (Wildman–Crippen MR) is 83.0 cm³/mol. The summed E-state index contributed by atoms with van der Waals surface area (Å²) in [7, 11) is 0. The summed E-state index contributed by atoms with van der Waals surface area (Å²) in [5, 5.41) is 20.7. The van der Waals surface area contributed by atoms with E-state index in [2.05, 4.69) is 15.9 Å². The van der Waals surface area contributed by atoms with Crippen molar-refractivity contribution in [2.45, 2.75) is 13.0 Å². The molecule has 21 heavy (non-hydrogen) atoms. The van der Waals surface area contributed by atoms with Gasteiger partial charge >= 0.3 is 5.69 Å². The zero-order valence-electron chi connectivity index (χ0n) is 10.9. The minimum Gasteiger partial charge on any atom is -0.447 e. The average Bonchev–Trinajstić information content (AvgIpc) is 2.42. The van der Waals surface area contributed by atoms with Crippen molar-refractivity contribution in [3.8, 4) is 11.5 Å². The quantitative estimate of drug-likeness (QED) is 0.614. The Hall–Kier alpha value is -1.63. The fraction of sp³-hybridized carbons (Fsp3) is 0.143. The zero-order chi connectivity index (χ0) is 15.6. The second-order valence-corrected chi connectivity index (χ2v) is 5.57. The lowest BCUT2D eigenvalue weighted by Gasteiger charge is -2.11. The van der Waals surface area contributed by atoms with Crippen molar-refractivity contribution in [3.63, 3.8) is 0 Å². The second-order valence-electron chi connectivity index (χ2n) is 4.31. The molecule has 110 valence electrons. The van der Waals surface area contributed by atoms with Crippen LogP contribution in [0.5, 0.6) is 11.5 Å². The Kier molecular flexibility index (Phi) is 4.82. The Balaban J connectivity index is 2.41. The third-order valence-corrected chi connectivity index (χ3v) is 3.71. The molecule has 0 spiro atoms. The molecule has 1 atom stereocenters. The number of aliphatic hydroxyl groups is 1. The topological polar surface area (TPSA) is 72.6 Å².